The van der Waals surface area contributed by atoms with Gasteiger partial charge in [-0.25, -0.2) is 18.2 Å². The van der Waals surface area contributed by atoms with Crippen LogP contribution in [0.5, 0.6) is 11.9 Å². The Bertz CT molecular complexity index is 1770. The number of alkyl halides is 1. The third-order valence-corrected chi connectivity index (χ3v) is 9.11. The van der Waals surface area contributed by atoms with Crippen LogP contribution in [0.15, 0.2) is 54.0 Å². The molecule has 0 aliphatic carbocycles. The monoisotopic (exact) mass is 596 g/mol. The minimum Gasteiger partial charge on any atom is -0.472 e. The molecule has 210 valence electrons. The Morgan fingerprint density at radius 3 is 2.78 bits per heavy atom. The molecule has 0 unspecified atom stereocenters. The Labute approximate surface area is 242 Å². The average Bonchev–Trinajstić information content (AvgIpc) is 3.68. The van der Waals surface area contributed by atoms with E-state index in [9.17, 15) is 8.78 Å². The van der Waals surface area contributed by atoms with Crippen molar-refractivity contribution in [1.82, 2.24) is 19.9 Å². The van der Waals surface area contributed by atoms with Crippen molar-refractivity contribution in [2.24, 2.45) is 0 Å². The number of ether oxygens (including phenoxy) is 2. The van der Waals surface area contributed by atoms with Crippen molar-refractivity contribution in [3.8, 4) is 23.0 Å². The second kappa shape index (κ2) is 10.4. The lowest BCUT2D eigenvalue weighted by Crippen LogP contribution is -2.43. The predicted octanol–water partition coefficient (Wildman–Crippen LogP) is 7.37. The van der Waals surface area contributed by atoms with Crippen molar-refractivity contribution < 1.29 is 22.6 Å². The molecule has 3 aromatic carbocycles. The van der Waals surface area contributed by atoms with E-state index in [0.717, 1.165) is 36.3 Å². The summed E-state index contributed by atoms with van der Waals surface area (Å²) in [6, 6.07) is 13.7. The van der Waals surface area contributed by atoms with Gasteiger partial charge in [0.2, 0.25) is 5.88 Å². The van der Waals surface area contributed by atoms with E-state index in [4.69, 9.17) is 21.1 Å². The first-order valence-electron chi connectivity index (χ1n) is 13.3. The molecule has 2 aliphatic rings. The SMILES string of the molecule is Fc1c(-c2ccc(F)c3scnc23)c(Cl)cc2c(OCc3ccccc3)nc(OC[C@@]34CCCN3C[C@H](F)C4)nc12. The molecule has 2 atom stereocenters. The zero-order chi connectivity index (χ0) is 28.1. The Kier molecular flexibility index (Phi) is 6.72. The van der Waals surface area contributed by atoms with Crippen LogP contribution in [0.3, 0.4) is 0 Å². The molecule has 5 aromatic rings. The summed E-state index contributed by atoms with van der Waals surface area (Å²) < 4.78 is 57.6. The van der Waals surface area contributed by atoms with Crippen LogP contribution in [0.2, 0.25) is 5.02 Å². The highest BCUT2D eigenvalue weighted by molar-refractivity contribution is 7.16. The molecule has 2 aliphatic heterocycles. The van der Waals surface area contributed by atoms with E-state index in [0.29, 0.717) is 28.7 Å². The van der Waals surface area contributed by atoms with Gasteiger partial charge in [-0.1, -0.05) is 41.9 Å². The summed E-state index contributed by atoms with van der Waals surface area (Å²) in [6.45, 7) is 1.54. The summed E-state index contributed by atoms with van der Waals surface area (Å²) >= 11 is 7.78. The van der Waals surface area contributed by atoms with Crippen LogP contribution in [-0.2, 0) is 6.61 Å². The van der Waals surface area contributed by atoms with E-state index in [-0.39, 0.29) is 46.6 Å². The lowest BCUT2D eigenvalue weighted by atomic mass is 9.95. The topological polar surface area (TPSA) is 60.4 Å². The summed E-state index contributed by atoms with van der Waals surface area (Å²) in [5.41, 5.74) is 2.61. The fourth-order valence-corrected chi connectivity index (χ4v) is 7.08. The smallest absolute Gasteiger partial charge is 0.320 e. The Balaban J connectivity index is 1.32. The fourth-order valence-electron chi connectivity index (χ4n) is 6.06. The third-order valence-electron chi connectivity index (χ3n) is 7.98. The quantitative estimate of drug-likeness (QED) is 0.195. The van der Waals surface area contributed by atoms with Crippen LogP contribution < -0.4 is 9.47 Å². The van der Waals surface area contributed by atoms with Crippen LogP contribution >= 0.6 is 22.9 Å². The van der Waals surface area contributed by atoms with Crippen LogP contribution in [0.1, 0.15) is 24.8 Å². The van der Waals surface area contributed by atoms with Crippen molar-refractivity contribution in [3.63, 3.8) is 0 Å². The molecule has 0 bridgehead atoms. The van der Waals surface area contributed by atoms with Crippen LogP contribution in [0.4, 0.5) is 13.2 Å². The number of hydrogen-bond acceptors (Lipinski definition) is 7. The lowest BCUT2D eigenvalue weighted by molar-refractivity contribution is 0.106. The van der Waals surface area contributed by atoms with Gasteiger partial charge >= 0.3 is 6.01 Å². The molecule has 11 heteroatoms. The highest BCUT2D eigenvalue weighted by Gasteiger charge is 2.49. The maximum absolute atomic E-state index is 16.4. The minimum atomic E-state index is -0.915. The van der Waals surface area contributed by atoms with Gasteiger partial charge in [0.1, 0.15) is 30.7 Å². The highest BCUT2D eigenvalue weighted by Crippen LogP contribution is 2.43. The standard InChI is InChI=1S/C30H24ClF3N4O2S/c31-21-11-20-25(24(34)23(21)19-7-8-22(33)27-26(19)35-16-41-27)36-29(37-28(20)39-14-17-5-2-1-3-6-17)40-15-30-9-4-10-38(30)13-18(32)12-30/h1-3,5-8,11,16,18H,4,9-10,12-15H2/t18-,30+/m1/s1. The van der Waals surface area contributed by atoms with Gasteiger partial charge in [0.15, 0.2) is 5.82 Å². The third kappa shape index (κ3) is 4.67. The number of nitrogens with zero attached hydrogens (tertiary/aromatic N) is 4. The maximum atomic E-state index is 16.4. The summed E-state index contributed by atoms with van der Waals surface area (Å²) in [5, 5.41) is 0.347. The number of aromatic nitrogens is 3. The zero-order valence-electron chi connectivity index (χ0n) is 21.7. The van der Waals surface area contributed by atoms with Crippen molar-refractivity contribution >= 4 is 44.1 Å². The van der Waals surface area contributed by atoms with Gasteiger partial charge in [-0.2, -0.15) is 9.97 Å². The molecule has 7 rings (SSSR count). The number of thiazole rings is 1. The number of rotatable bonds is 7. The van der Waals surface area contributed by atoms with Gasteiger partial charge in [-0.3, -0.25) is 4.90 Å². The van der Waals surface area contributed by atoms with Gasteiger partial charge in [-0.15, -0.1) is 11.3 Å². The molecular formula is C30H24ClF3N4O2S. The predicted molar refractivity (Wildman–Crippen MR) is 152 cm³/mol. The van der Waals surface area contributed by atoms with E-state index >= 15 is 4.39 Å². The number of halogens is 4. The zero-order valence-corrected chi connectivity index (χ0v) is 23.3. The second-order valence-corrected chi connectivity index (χ2v) is 11.8. The van der Waals surface area contributed by atoms with Gasteiger partial charge in [0.05, 0.1) is 31.7 Å². The first-order valence-corrected chi connectivity index (χ1v) is 14.6. The summed E-state index contributed by atoms with van der Waals surface area (Å²) in [5.74, 6) is -1.06. The number of fused-ring (bicyclic) bond motifs is 3. The van der Waals surface area contributed by atoms with Gasteiger partial charge in [0, 0.05) is 24.1 Å². The maximum Gasteiger partial charge on any atom is 0.320 e. The van der Waals surface area contributed by atoms with Gasteiger partial charge < -0.3 is 9.47 Å². The highest BCUT2D eigenvalue weighted by atomic mass is 35.5. The molecule has 0 spiro atoms. The summed E-state index contributed by atoms with van der Waals surface area (Å²) in [4.78, 5) is 15.3. The molecule has 0 saturated carbocycles. The van der Waals surface area contributed by atoms with Gasteiger partial charge in [0.25, 0.3) is 0 Å². The molecule has 4 heterocycles. The second-order valence-electron chi connectivity index (χ2n) is 10.5. The van der Waals surface area contributed by atoms with E-state index in [1.165, 1.54) is 17.6 Å². The average molecular weight is 597 g/mol. The molecule has 2 aromatic heterocycles. The molecule has 6 nitrogen and oxygen atoms in total. The first-order chi connectivity index (χ1) is 19.9. The Hall–Kier alpha value is -3.47. The summed E-state index contributed by atoms with van der Waals surface area (Å²) in [6.07, 6.45) is 1.22. The van der Waals surface area contributed by atoms with Crippen LogP contribution in [0.25, 0.3) is 32.2 Å². The molecule has 0 N–H and O–H groups in total. The number of hydrogen-bond donors (Lipinski definition) is 0. The molecule has 41 heavy (non-hydrogen) atoms. The molecular weight excluding hydrogens is 573 g/mol. The van der Waals surface area contributed by atoms with E-state index < -0.39 is 23.3 Å². The molecule has 0 amide bonds. The molecule has 2 fully saturated rings. The van der Waals surface area contributed by atoms with E-state index in [1.807, 2.05) is 30.3 Å². The minimum absolute atomic E-state index is 0.0466. The van der Waals surface area contributed by atoms with E-state index in [1.54, 1.807) is 6.07 Å². The Morgan fingerprint density at radius 1 is 1.07 bits per heavy atom. The summed E-state index contributed by atoms with van der Waals surface area (Å²) in [7, 11) is 0. The normalized spacial score (nSPS) is 20.6. The fraction of sp³-hybridized carbons (Fsp3) is 0.300. The van der Waals surface area contributed by atoms with Crippen molar-refractivity contribution in [2.75, 3.05) is 19.7 Å². The van der Waals surface area contributed by atoms with E-state index in [2.05, 4.69) is 19.9 Å². The lowest BCUT2D eigenvalue weighted by Gasteiger charge is -2.30. The molecule has 2 saturated heterocycles. The molecule has 0 radical (unpaired) electrons. The Morgan fingerprint density at radius 2 is 1.93 bits per heavy atom. The first kappa shape index (κ1) is 26.4. The van der Waals surface area contributed by atoms with Crippen LogP contribution in [0, 0.1) is 11.6 Å². The van der Waals surface area contributed by atoms with Gasteiger partial charge in [-0.05, 0) is 43.1 Å². The largest absolute Gasteiger partial charge is 0.472 e. The van der Waals surface area contributed by atoms with Crippen molar-refractivity contribution in [2.45, 2.75) is 37.6 Å². The number of benzene rings is 3. The van der Waals surface area contributed by atoms with Crippen LogP contribution in [-0.4, -0.2) is 51.3 Å². The van der Waals surface area contributed by atoms with Crippen molar-refractivity contribution in [1.29, 1.82) is 0 Å². The van der Waals surface area contributed by atoms with Crippen molar-refractivity contribution in [3.05, 3.63) is 76.3 Å².